The van der Waals surface area contributed by atoms with E-state index in [1.165, 1.54) is 22.3 Å². The third-order valence-corrected chi connectivity index (χ3v) is 12.1. The SMILES string of the molecule is [B]c1c([B])c([B])c2c(-c3ccc4oc5ccccc5c4c3)c3c([B])c([B])c([B])c([B])c3c(-c3cccc(-c4ccc5c(c4)C(C)(C)c4ccccc4-5)c3)c2c1[B]. The molecule has 0 atom stereocenters. The number of rotatable bonds is 3. The van der Waals surface area contributed by atoms with Crippen LogP contribution in [0.3, 0.4) is 0 Å². The van der Waals surface area contributed by atoms with Gasteiger partial charge in [-0.3, -0.25) is 0 Å². The zero-order valence-corrected chi connectivity index (χ0v) is 30.9. The van der Waals surface area contributed by atoms with Crippen molar-refractivity contribution in [1.82, 2.24) is 0 Å². The van der Waals surface area contributed by atoms with Crippen LogP contribution in [-0.4, -0.2) is 62.8 Å². The molecule has 0 saturated heterocycles. The van der Waals surface area contributed by atoms with Gasteiger partial charge in [-0.25, -0.2) is 0 Å². The summed E-state index contributed by atoms with van der Waals surface area (Å²) < 4.78 is 6.19. The second-order valence-electron chi connectivity index (χ2n) is 15.4. The molecule has 0 amide bonds. The summed E-state index contributed by atoms with van der Waals surface area (Å²) in [6.45, 7) is 4.55. The van der Waals surface area contributed by atoms with Gasteiger partial charge in [0.05, 0.1) is 0 Å². The standard InChI is InChI=1S/C47H24B8O/c1-47(2)29-12-5-3-10-25(29)26-16-14-22(20-30(26)47)21-8-7-9-23(18-21)33-35-37(41(50)45(54)43(52)39(35)48)34(38-36(33)40(49)44(53)46(55)42(38)51)24-15-17-32-28(19-24)27-11-4-6-13-31(27)56-32/h3-20H,1-2H3. The fraction of sp³-hybridized carbons (Fsp3) is 0.0638. The summed E-state index contributed by atoms with van der Waals surface area (Å²) in [6, 6.07) is 37.3. The van der Waals surface area contributed by atoms with Crippen LogP contribution in [0.4, 0.5) is 0 Å². The van der Waals surface area contributed by atoms with E-state index in [2.05, 4.69) is 68.4 Å². The summed E-state index contributed by atoms with van der Waals surface area (Å²) in [5.74, 6) is 0. The van der Waals surface area contributed by atoms with E-state index < -0.39 is 0 Å². The lowest BCUT2D eigenvalue weighted by Crippen LogP contribution is -2.50. The van der Waals surface area contributed by atoms with Gasteiger partial charge in [-0.1, -0.05) is 115 Å². The predicted octanol–water partition coefficient (Wildman–Crippen LogP) is 3.55. The van der Waals surface area contributed by atoms with Gasteiger partial charge in [0, 0.05) is 16.2 Å². The summed E-state index contributed by atoms with van der Waals surface area (Å²) in [4.78, 5) is 0. The molecule has 1 aromatic heterocycles. The summed E-state index contributed by atoms with van der Waals surface area (Å²) in [7, 11) is 54.8. The first-order chi connectivity index (χ1) is 26.9. The van der Waals surface area contributed by atoms with E-state index in [9.17, 15) is 0 Å². The number of para-hydroxylation sites is 1. The zero-order valence-electron chi connectivity index (χ0n) is 30.9. The Labute approximate surface area is 336 Å². The molecule has 10 rings (SSSR count). The van der Waals surface area contributed by atoms with Gasteiger partial charge in [0.25, 0.3) is 0 Å². The Kier molecular flexibility index (Phi) is 7.70. The largest absolute Gasteiger partial charge is 0.456 e. The van der Waals surface area contributed by atoms with Crippen LogP contribution in [0, 0.1) is 0 Å². The molecule has 1 heterocycles. The van der Waals surface area contributed by atoms with Crippen molar-refractivity contribution < 1.29 is 4.42 Å². The molecule has 16 radical (unpaired) electrons. The molecule has 0 unspecified atom stereocenters. The van der Waals surface area contributed by atoms with Gasteiger partial charge in [0.1, 0.15) is 73.9 Å². The van der Waals surface area contributed by atoms with Crippen molar-refractivity contribution in [3.05, 3.63) is 120 Å². The second kappa shape index (κ2) is 12.3. The van der Waals surface area contributed by atoms with E-state index in [1.54, 1.807) is 0 Å². The number of hydrogen-bond acceptors (Lipinski definition) is 1. The van der Waals surface area contributed by atoms with E-state index in [1.807, 2.05) is 54.6 Å². The summed E-state index contributed by atoms with van der Waals surface area (Å²) in [6.07, 6.45) is 0. The monoisotopic (exact) mass is 692 g/mol. The molecule has 0 saturated carbocycles. The minimum atomic E-state index is -0.166. The Morgan fingerprint density at radius 3 is 1.50 bits per heavy atom. The Morgan fingerprint density at radius 1 is 0.375 bits per heavy atom. The molecule has 242 valence electrons. The molecule has 0 aliphatic heterocycles. The highest BCUT2D eigenvalue weighted by Crippen LogP contribution is 2.50. The van der Waals surface area contributed by atoms with Crippen molar-refractivity contribution in [1.29, 1.82) is 0 Å². The van der Waals surface area contributed by atoms with Crippen LogP contribution in [0.25, 0.3) is 88.0 Å². The maximum absolute atomic E-state index is 7.05. The molecule has 8 aromatic carbocycles. The maximum Gasteiger partial charge on any atom is 0.135 e. The predicted molar refractivity (Wildman–Crippen MR) is 246 cm³/mol. The average Bonchev–Trinajstić information content (AvgIpc) is 3.70. The lowest BCUT2D eigenvalue weighted by molar-refractivity contribution is 0.660. The molecular weight excluding hydrogens is 667 g/mol. The van der Waals surface area contributed by atoms with Gasteiger partial charge in [-0.15, -0.1) is 21.9 Å². The molecule has 1 aliphatic rings. The number of hydrogen-bond donors (Lipinski definition) is 0. The van der Waals surface area contributed by atoms with Gasteiger partial charge in [0.15, 0.2) is 0 Å². The first-order valence-electron chi connectivity index (χ1n) is 18.4. The van der Waals surface area contributed by atoms with Crippen molar-refractivity contribution in [2.24, 2.45) is 0 Å². The van der Waals surface area contributed by atoms with Gasteiger partial charge in [-0.05, 0) is 108 Å². The molecular formula is C47H24B8O. The van der Waals surface area contributed by atoms with Crippen molar-refractivity contribution in [2.45, 2.75) is 19.3 Å². The van der Waals surface area contributed by atoms with E-state index >= 15 is 0 Å². The van der Waals surface area contributed by atoms with E-state index in [0.717, 1.165) is 44.2 Å². The molecule has 1 nitrogen and oxygen atoms in total. The molecule has 0 N–H and O–H groups in total. The normalized spacial score (nSPS) is 13.2. The fourth-order valence-electron chi connectivity index (χ4n) is 9.14. The zero-order chi connectivity index (χ0) is 38.9. The van der Waals surface area contributed by atoms with Gasteiger partial charge >= 0.3 is 0 Å². The maximum atomic E-state index is 7.05. The van der Waals surface area contributed by atoms with Gasteiger partial charge in [-0.2, -0.15) is 0 Å². The summed E-state index contributed by atoms with van der Waals surface area (Å²) in [5, 5.41) is 4.15. The minimum Gasteiger partial charge on any atom is -0.456 e. The third-order valence-electron chi connectivity index (χ3n) is 12.1. The Hall–Kier alpha value is -5.40. The van der Waals surface area contributed by atoms with Crippen molar-refractivity contribution in [2.75, 3.05) is 0 Å². The minimum absolute atomic E-state index is 0.166. The Bertz CT molecular complexity index is 3130. The van der Waals surface area contributed by atoms with Crippen LogP contribution >= 0.6 is 0 Å². The van der Waals surface area contributed by atoms with Gasteiger partial charge in [0.2, 0.25) is 0 Å². The van der Waals surface area contributed by atoms with Crippen LogP contribution in [-0.2, 0) is 5.41 Å². The number of fused-ring (bicyclic) bond motifs is 8. The average molecular weight is 691 g/mol. The highest BCUT2D eigenvalue weighted by atomic mass is 16.3. The summed E-state index contributed by atoms with van der Waals surface area (Å²) in [5.41, 5.74) is 13.1. The van der Waals surface area contributed by atoms with E-state index in [4.69, 9.17) is 67.2 Å². The van der Waals surface area contributed by atoms with E-state index in [-0.39, 0.29) is 49.1 Å². The lowest BCUT2D eigenvalue weighted by atomic mass is 9.59. The Balaban J connectivity index is 1.31. The van der Waals surface area contributed by atoms with Gasteiger partial charge < -0.3 is 4.42 Å². The topological polar surface area (TPSA) is 13.1 Å². The van der Waals surface area contributed by atoms with Crippen molar-refractivity contribution in [3.63, 3.8) is 0 Å². The lowest BCUT2D eigenvalue weighted by Gasteiger charge is -2.28. The quantitative estimate of drug-likeness (QED) is 0.204. The van der Waals surface area contributed by atoms with Crippen molar-refractivity contribution in [3.8, 4) is 44.5 Å². The van der Waals surface area contributed by atoms with Crippen LogP contribution in [0.5, 0.6) is 0 Å². The molecule has 0 bridgehead atoms. The van der Waals surface area contributed by atoms with Crippen LogP contribution in [0.15, 0.2) is 114 Å². The number of benzene rings is 8. The highest BCUT2D eigenvalue weighted by molar-refractivity contribution is 6.71. The fourth-order valence-corrected chi connectivity index (χ4v) is 9.14. The Morgan fingerprint density at radius 2 is 0.857 bits per heavy atom. The first kappa shape index (κ1) is 35.0. The van der Waals surface area contributed by atoms with Crippen LogP contribution < -0.4 is 43.7 Å². The van der Waals surface area contributed by atoms with Crippen molar-refractivity contribution >= 4 is 150 Å². The molecule has 56 heavy (non-hydrogen) atoms. The second-order valence-corrected chi connectivity index (χ2v) is 15.4. The first-order valence-corrected chi connectivity index (χ1v) is 18.4. The third kappa shape index (κ3) is 4.73. The van der Waals surface area contributed by atoms with E-state index in [0.29, 0.717) is 32.7 Å². The molecule has 0 fully saturated rings. The van der Waals surface area contributed by atoms with Crippen LogP contribution in [0.1, 0.15) is 25.0 Å². The molecule has 9 aromatic rings. The summed E-state index contributed by atoms with van der Waals surface area (Å²) >= 11 is 0. The highest BCUT2D eigenvalue weighted by Gasteiger charge is 2.35. The molecule has 0 spiro atoms. The molecule has 9 heteroatoms. The van der Waals surface area contributed by atoms with Crippen LogP contribution in [0.2, 0.25) is 0 Å². The smallest absolute Gasteiger partial charge is 0.135 e. The molecule has 1 aliphatic carbocycles. The number of furan rings is 1.